The Morgan fingerprint density at radius 2 is 2.31 bits per heavy atom. The standard InChI is InChI=1S/C11H20N2O3/c1-8(2)9-5-11(16)13(6-9)7-10(15)12-3-4-14/h8-9,14H,3-7H2,1-2H3,(H,12,15). The van der Waals surface area contributed by atoms with Crippen molar-refractivity contribution in [3.63, 3.8) is 0 Å². The number of aliphatic hydroxyl groups excluding tert-OH is 1. The molecule has 16 heavy (non-hydrogen) atoms. The highest BCUT2D eigenvalue weighted by Crippen LogP contribution is 2.24. The summed E-state index contributed by atoms with van der Waals surface area (Å²) in [5, 5.41) is 11.1. The van der Waals surface area contributed by atoms with Crippen LogP contribution in [0.1, 0.15) is 20.3 Å². The van der Waals surface area contributed by atoms with Crippen LogP contribution in [0.2, 0.25) is 0 Å². The average molecular weight is 228 g/mol. The van der Waals surface area contributed by atoms with Crippen LogP contribution in [0.5, 0.6) is 0 Å². The van der Waals surface area contributed by atoms with Gasteiger partial charge in [0.05, 0.1) is 13.2 Å². The van der Waals surface area contributed by atoms with Gasteiger partial charge < -0.3 is 15.3 Å². The van der Waals surface area contributed by atoms with Gasteiger partial charge in [-0.2, -0.15) is 0 Å². The summed E-state index contributed by atoms with van der Waals surface area (Å²) in [6.07, 6.45) is 0.547. The molecule has 5 heteroatoms. The Morgan fingerprint density at radius 1 is 1.62 bits per heavy atom. The first-order valence-electron chi connectivity index (χ1n) is 5.70. The molecule has 0 aliphatic carbocycles. The van der Waals surface area contributed by atoms with Gasteiger partial charge in [0.1, 0.15) is 0 Å². The molecule has 0 radical (unpaired) electrons. The number of hydrogen-bond donors (Lipinski definition) is 2. The van der Waals surface area contributed by atoms with Gasteiger partial charge in [-0.25, -0.2) is 0 Å². The number of hydrogen-bond acceptors (Lipinski definition) is 3. The highest BCUT2D eigenvalue weighted by atomic mass is 16.3. The number of nitrogens with one attached hydrogen (secondary N) is 1. The number of nitrogens with zero attached hydrogens (tertiary/aromatic N) is 1. The van der Waals surface area contributed by atoms with E-state index < -0.39 is 0 Å². The smallest absolute Gasteiger partial charge is 0.239 e. The second-order valence-corrected chi connectivity index (χ2v) is 4.56. The number of carbonyl (C=O) groups is 2. The largest absolute Gasteiger partial charge is 0.395 e. The number of likely N-dealkylation sites (tertiary alicyclic amines) is 1. The molecule has 92 valence electrons. The second kappa shape index (κ2) is 5.84. The van der Waals surface area contributed by atoms with Crippen molar-refractivity contribution in [2.24, 2.45) is 11.8 Å². The first kappa shape index (κ1) is 13.0. The maximum Gasteiger partial charge on any atom is 0.239 e. The summed E-state index contributed by atoms with van der Waals surface area (Å²) >= 11 is 0. The minimum atomic E-state index is -0.202. The van der Waals surface area contributed by atoms with Gasteiger partial charge in [-0.05, 0) is 11.8 Å². The van der Waals surface area contributed by atoms with Crippen molar-refractivity contribution in [3.05, 3.63) is 0 Å². The van der Waals surface area contributed by atoms with Crippen molar-refractivity contribution in [3.8, 4) is 0 Å². The molecule has 1 aliphatic rings. The molecule has 1 rings (SSSR count). The maximum atomic E-state index is 11.6. The first-order chi connectivity index (χ1) is 7.54. The number of carbonyl (C=O) groups excluding carboxylic acids is 2. The topological polar surface area (TPSA) is 69.6 Å². The third-order valence-electron chi connectivity index (χ3n) is 2.96. The van der Waals surface area contributed by atoms with Crippen LogP contribution in [0, 0.1) is 11.8 Å². The van der Waals surface area contributed by atoms with E-state index in [0.717, 1.165) is 0 Å². The zero-order chi connectivity index (χ0) is 12.1. The molecule has 0 spiro atoms. The molecule has 1 atom stereocenters. The van der Waals surface area contributed by atoms with Crippen LogP contribution in [0.25, 0.3) is 0 Å². The third kappa shape index (κ3) is 3.48. The van der Waals surface area contributed by atoms with Crippen LogP contribution in [-0.2, 0) is 9.59 Å². The number of aliphatic hydroxyl groups is 1. The molecular formula is C11H20N2O3. The Kier molecular flexibility index (Phi) is 4.73. The van der Waals surface area contributed by atoms with E-state index in [2.05, 4.69) is 19.2 Å². The Labute approximate surface area is 95.8 Å². The lowest BCUT2D eigenvalue weighted by molar-refractivity contribution is -0.133. The molecule has 1 heterocycles. The van der Waals surface area contributed by atoms with Crippen molar-refractivity contribution in [2.45, 2.75) is 20.3 Å². The van der Waals surface area contributed by atoms with Gasteiger partial charge in [0.2, 0.25) is 11.8 Å². The highest BCUT2D eigenvalue weighted by Gasteiger charge is 2.32. The molecule has 1 saturated heterocycles. The van der Waals surface area contributed by atoms with E-state index in [1.165, 1.54) is 0 Å². The number of amides is 2. The van der Waals surface area contributed by atoms with Crippen molar-refractivity contribution in [1.29, 1.82) is 0 Å². The SMILES string of the molecule is CC(C)C1CC(=O)N(CC(=O)NCCO)C1. The third-order valence-corrected chi connectivity index (χ3v) is 2.96. The van der Waals surface area contributed by atoms with E-state index in [4.69, 9.17) is 5.11 Å². The van der Waals surface area contributed by atoms with Gasteiger partial charge >= 0.3 is 0 Å². The minimum absolute atomic E-state index is 0.0536. The second-order valence-electron chi connectivity index (χ2n) is 4.56. The van der Waals surface area contributed by atoms with Gasteiger partial charge in [0.25, 0.3) is 0 Å². The van der Waals surface area contributed by atoms with E-state index in [1.807, 2.05) is 0 Å². The molecule has 0 aromatic rings. The zero-order valence-corrected chi connectivity index (χ0v) is 9.90. The molecule has 5 nitrogen and oxygen atoms in total. The van der Waals surface area contributed by atoms with Crippen molar-refractivity contribution in [1.82, 2.24) is 10.2 Å². The normalized spacial score (nSPS) is 20.6. The lowest BCUT2D eigenvalue weighted by Gasteiger charge is -2.17. The Bertz CT molecular complexity index is 266. The van der Waals surface area contributed by atoms with Crippen LogP contribution in [-0.4, -0.2) is 48.1 Å². The predicted octanol–water partition coefficient (Wildman–Crippen LogP) is -0.401. The fourth-order valence-electron chi connectivity index (χ4n) is 1.83. The van der Waals surface area contributed by atoms with Crippen LogP contribution in [0.4, 0.5) is 0 Å². The molecule has 0 aromatic heterocycles. The van der Waals surface area contributed by atoms with E-state index in [0.29, 0.717) is 24.8 Å². The molecule has 0 bridgehead atoms. The van der Waals surface area contributed by atoms with Crippen LogP contribution >= 0.6 is 0 Å². The van der Waals surface area contributed by atoms with Gasteiger partial charge in [0, 0.05) is 19.5 Å². The lowest BCUT2D eigenvalue weighted by atomic mass is 9.95. The quantitative estimate of drug-likeness (QED) is 0.672. The summed E-state index contributed by atoms with van der Waals surface area (Å²) in [4.78, 5) is 24.6. The van der Waals surface area contributed by atoms with E-state index in [9.17, 15) is 9.59 Å². The Morgan fingerprint density at radius 3 is 2.81 bits per heavy atom. The summed E-state index contributed by atoms with van der Waals surface area (Å²) in [7, 11) is 0. The molecule has 1 aliphatic heterocycles. The fraction of sp³-hybridized carbons (Fsp3) is 0.818. The summed E-state index contributed by atoms with van der Waals surface area (Å²) in [6, 6.07) is 0. The molecule has 2 amide bonds. The van der Waals surface area contributed by atoms with Crippen molar-refractivity contribution >= 4 is 11.8 Å². The molecular weight excluding hydrogens is 208 g/mol. The average Bonchev–Trinajstić information content (AvgIpc) is 2.57. The monoisotopic (exact) mass is 228 g/mol. The molecule has 1 unspecified atom stereocenters. The minimum Gasteiger partial charge on any atom is -0.395 e. The predicted molar refractivity (Wildman–Crippen MR) is 59.6 cm³/mol. The summed E-state index contributed by atoms with van der Waals surface area (Å²) in [5.74, 6) is 0.678. The van der Waals surface area contributed by atoms with Gasteiger partial charge in [-0.15, -0.1) is 0 Å². The summed E-state index contributed by atoms with van der Waals surface area (Å²) in [6.45, 7) is 5.13. The summed E-state index contributed by atoms with van der Waals surface area (Å²) in [5.41, 5.74) is 0. The first-order valence-corrected chi connectivity index (χ1v) is 5.70. The molecule has 0 aromatic carbocycles. The van der Waals surface area contributed by atoms with Gasteiger partial charge in [0.15, 0.2) is 0 Å². The van der Waals surface area contributed by atoms with Crippen LogP contribution in [0.3, 0.4) is 0 Å². The van der Waals surface area contributed by atoms with E-state index in [-0.39, 0.29) is 31.5 Å². The van der Waals surface area contributed by atoms with Crippen LogP contribution in [0.15, 0.2) is 0 Å². The van der Waals surface area contributed by atoms with Crippen molar-refractivity contribution < 1.29 is 14.7 Å². The fourth-order valence-corrected chi connectivity index (χ4v) is 1.83. The summed E-state index contributed by atoms with van der Waals surface area (Å²) < 4.78 is 0. The Balaban J connectivity index is 2.38. The van der Waals surface area contributed by atoms with Crippen molar-refractivity contribution in [2.75, 3.05) is 26.2 Å². The molecule has 0 saturated carbocycles. The molecule has 1 fully saturated rings. The van der Waals surface area contributed by atoms with E-state index in [1.54, 1.807) is 4.90 Å². The van der Waals surface area contributed by atoms with Gasteiger partial charge in [-0.3, -0.25) is 9.59 Å². The maximum absolute atomic E-state index is 11.6. The highest BCUT2D eigenvalue weighted by molar-refractivity contribution is 5.86. The Hall–Kier alpha value is -1.10. The number of rotatable bonds is 5. The van der Waals surface area contributed by atoms with Crippen LogP contribution < -0.4 is 5.32 Å². The van der Waals surface area contributed by atoms with Gasteiger partial charge in [-0.1, -0.05) is 13.8 Å². The zero-order valence-electron chi connectivity index (χ0n) is 9.90. The molecule has 2 N–H and O–H groups in total. The van der Waals surface area contributed by atoms with E-state index >= 15 is 0 Å². The lowest BCUT2D eigenvalue weighted by Crippen LogP contribution is -2.39.